The average Bonchev–Trinajstić information content (AvgIpc) is 3.53. The standard InChI is InChI=1S/C36H50S2Si2/c1-25(2)39(26(3)4,27(5)6)23-19-35-33(17-21-37-35)31-13-15-32(16-14-31)34-18-22-38-36(34)20-24-40(28(7)8,29(9)10)30(11)12/h13-18,21-22,25-30H,1-12H3. The van der Waals surface area contributed by atoms with Gasteiger partial charge in [-0.05, 0) is 67.3 Å². The first-order valence-corrected chi connectivity index (χ1v) is 21.3. The Morgan fingerprint density at radius 1 is 0.450 bits per heavy atom. The zero-order chi connectivity index (χ0) is 29.8. The van der Waals surface area contributed by atoms with Gasteiger partial charge in [0, 0.05) is 11.1 Å². The van der Waals surface area contributed by atoms with Gasteiger partial charge in [-0.15, -0.1) is 33.8 Å². The summed E-state index contributed by atoms with van der Waals surface area (Å²) in [5.74, 6) is 7.41. The monoisotopic (exact) mass is 602 g/mol. The molecule has 4 heteroatoms. The Hall–Kier alpha value is -1.83. The number of hydrogen-bond acceptors (Lipinski definition) is 2. The van der Waals surface area contributed by atoms with E-state index < -0.39 is 16.1 Å². The van der Waals surface area contributed by atoms with E-state index in [4.69, 9.17) is 0 Å². The second-order valence-electron chi connectivity index (χ2n) is 13.2. The molecule has 0 bridgehead atoms. The summed E-state index contributed by atoms with van der Waals surface area (Å²) < 4.78 is 0. The fourth-order valence-corrected chi connectivity index (χ4v) is 19.4. The van der Waals surface area contributed by atoms with Crippen LogP contribution in [0.1, 0.15) is 92.8 Å². The van der Waals surface area contributed by atoms with Crippen molar-refractivity contribution in [3.8, 4) is 45.2 Å². The Bertz CT molecular complexity index is 1230. The third kappa shape index (κ3) is 6.32. The van der Waals surface area contributed by atoms with Gasteiger partial charge >= 0.3 is 0 Å². The van der Waals surface area contributed by atoms with Gasteiger partial charge in [0.1, 0.15) is 16.1 Å². The molecule has 0 unspecified atom stereocenters. The molecule has 0 fully saturated rings. The minimum atomic E-state index is -1.77. The van der Waals surface area contributed by atoms with E-state index in [1.54, 1.807) is 22.7 Å². The van der Waals surface area contributed by atoms with Crippen molar-refractivity contribution in [1.82, 2.24) is 0 Å². The zero-order valence-corrected chi connectivity index (χ0v) is 30.5. The molecular formula is C36H50S2Si2. The number of thiophene rings is 2. The fourth-order valence-electron chi connectivity index (χ4n) is 7.29. The summed E-state index contributed by atoms with van der Waals surface area (Å²) >= 11 is 3.55. The van der Waals surface area contributed by atoms with Crippen LogP contribution >= 0.6 is 22.7 Å². The number of benzene rings is 1. The van der Waals surface area contributed by atoms with Gasteiger partial charge in [-0.3, -0.25) is 0 Å². The van der Waals surface area contributed by atoms with Crippen LogP contribution in [0.5, 0.6) is 0 Å². The van der Waals surface area contributed by atoms with E-state index in [1.807, 2.05) is 0 Å². The smallest absolute Gasteiger partial charge is 0.135 e. The topological polar surface area (TPSA) is 0 Å². The molecular weight excluding hydrogens is 553 g/mol. The molecule has 0 saturated heterocycles. The van der Waals surface area contributed by atoms with E-state index in [2.05, 4.69) is 153 Å². The Morgan fingerprint density at radius 3 is 0.975 bits per heavy atom. The summed E-state index contributed by atoms with van der Waals surface area (Å²) in [6.07, 6.45) is 0. The lowest BCUT2D eigenvalue weighted by atomic mass is 10.0. The van der Waals surface area contributed by atoms with Gasteiger partial charge in [-0.2, -0.15) is 0 Å². The van der Waals surface area contributed by atoms with Gasteiger partial charge in [0.2, 0.25) is 0 Å². The Kier molecular flexibility index (Phi) is 11.0. The first-order valence-electron chi connectivity index (χ1n) is 15.1. The van der Waals surface area contributed by atoms with E-state index in [0.717, 1.165) is 0 Å². The van der Waals surface area contributed by atoms with Crippen LogP contribution in [0.2, 0.25) is 33.2 Å². The van der Waals surface area contributed by atoms with E-state index >= 15 is 0 Å². The summed E-state index contributed by atoms with van der Waals surface area (Å²) in [5, 5.41) is 4.38. The molecule has 3 aromatic rings. The molecule has 3 rings (SSSR count). The highest BCUT2D eigenvalue weighted by Gasteiger charge is 2.42. The summed E-state index contributed by atoms with van der Waals surface area (Å²) in [5.41, 5.74) is 16.7. The lowest BCUT2D eigenvalue weighted by Gasteiger charge is -2.38. The van der Waals surface area contributed by atoms with Crippen molar-refractivity contribution >= 4 is 38.8 Å². The summed E-state index contributed by atoms with van der Waals surface area (Å²) in [6.45, 7) is 28.6. The predicted octanol–water partition coefficient (Wildman–Crippen LogP) is 12.3. The molecule has 214 valence electrons. The van der Waals surface area contributed by atoms with Crippen LogP contribution in [0, 0.1) is 22.9 Å². The molecule has 0 amide bonds. The van der Waals surface area contributed by atoms with Crippen LogP contribution in [0.25, 0.3) is 22.3 Å². The second-order valence-corrected chi connectivity index (χ2v) is 26.2. The quantitative estimate of drug-likeness (QED) is 0.178. The lowest BCUT2D eigenvalue weighted by molar-refractivity contribution is 0.838. The predicted molar refractivity (Wildman–Crippen MR) is 189 cm³/mol. The van der Waals surface area contributed by atoms with Crippen molar-refractivity contribution in [1.29, 1.82) is 0 Å². The molecule has 0 N–H and O–H groups in total. The van der Waals surface area contributed by atoms with Gasteiger partial charge in [-0.25, -0.2) is 0 Å². The first kappa shape index (κ1) is 32.7. The molecule has 0 nitrogen and oxygen atoms in total. The van der Waals surface area contributed by atoms with Gasteiger partial charge in [-0.1, -0.05) is 119 Å². The Morgan fingerprint density at radius 2 is 0.725 bits per heavy atom. The van der Waals surface area contributed by atoms with Crippen LogP contribution in [-0.2, 0) is 0 Å². The van der Waals surface area contributed by atoms with Crippen molar-refractivity contribution in [2.24, 2.45) is 0 Å². The first-order chi connectivity index (χ1) is 18.8. The van der Waals surface area contributed by atoms with Crippen LogP contribution < -0.4 is 0 Å². The van der Waals surface area contributed by atoms with E-state index in [-0.39, 0.29) is 0 Å². The molecule has 0 aliphatic heterocycles. The van der Waals surface area contributed by atoms with Gasteiger partial charge in [0.05, 0.1) is 9.75 Å². The third-order valence-corrected chi connectivity index (χ3v) is 23.6. The van der Waals surface area contributed by atoms with Crippen molar-refractivity contribution in [3.63, 3.8) is 0 Å². The van der Waals surface area contributed by atoms with Gasteiger partial charge < -0.3 is 0 Å². The number of hydrogen-bond donors (Lipinski definition) is 0. The molecule has 0 aliphatic carbocycles. The average molecular weight is 603 g/mol. The molecule has 1 aromatic carbocycles. The third-order valence-electron chi connectivity index (χ3n) is 9.35. The lowest BCUT2D eigenvalue weighted by Crippen LogP contribution is -2.43. The minimum absolute atomic E-state index is 0.639. The SMILES string of the molecule is CC(C)[Si](C#Cc1sccc1-c1ccc(-c2ccsc2C#C[Si](C(C)C)(C(C)C)C(C)C)cc1)(C(C)C)C(C)C. The summed E-state index contributed by atoms with van der Waals surface area (Å²) in [7, 11) is -3.53. The van der Waals surface area contributed by atoms with E-state index in [1.165, 1.54) is 32.0 Å². The van der Waals surface area contributed by atoms with Crippen molar-refractivity contribution in [3.05, 3.63) is 56.9 Å². The summed E-state index contributed by atoms with van der Waals surface area (Å²) in [4.78, 5) is 2.40. The molecule has 0 radical (unpaired) electrons. The largest absolute Gasteiger partial charge is 0.146 e. The highest BCUT2D eigenvalue weighted by atomic mass is 32.1. The molecule has 2 heterocycles. The van der Waals surface area contributed by atoms with Crippen LogP contribution in [0.3, 0.4) is 0 Å². The highest BCUT2D eigenvalue weighted by Crippen LogP contribution is 2.42. The normalized spacial score (nSPS) is 12.4. The Labute approximate surface area is 256 Å². The van der Waals surface area contributed by atoms with Gasteiger partial charge in [0.25, 0.3) is 0 Å². The van der Waals surface area contributed by atoms with Crippen LogP contribution in [-0.4, -0.2) is 16.1 Å². The molecule has 0 saturated carbocycles. The summed E-state index contributed by atoms with van der Waals surface area (Å²) in [6, 6.07) is 13.6. The van der Waals surface area contributed by atoms with Crippen LogP contribution in [0.15, 0.2) is 47.2 Å². The molecule has 0 aliphatic rings. The molecule has 40 heavy (non-hydrogen) atoms. The minimum Gasteiger partial charge on any atom is -0.135 e. The maximum absolute atomic E-state index is 3.92. The van der Waals surface area contributed by atoms with Gasteiger partial charge in [0.15, 0.2) is 0 Å². The maximum atomic E-state index is 3.92. The fraction of sp³-hybridized carbons (Fsp3) is 0.500. The zero-order valence-electron chi connectivity index (χ0n) is 26.9. The van der Waals surface area contributed by atoms with E-state index in [9.17, 15) is 0 Å². The maximum Gasteiger partial charge on any atom is 0.146 e. The van der Waals surface area contributed by atoms with Crippen LogP contribution in [0.4, 0.5) is 0 Å². The molecule has 0 spiro atoms. The van der Waals surface area contributed by atoms with Crippen molar-refractivity contribution in [2.75, 3.05) is 0 Å². The van der Waals surface area contributed by atoms with E-state index in [0.29, 0.717) is 33.2 Å². The second kappa shape index (κ2) is 13.4. The number of rotatable bonds is 8. The Balaban J connectivity index is 1.97. The highest BCUT2D eigenvalue weighted by molar-refractivity contribution is 7.11. The van der Waals surface area contributed by atoms with Crippen molar-refractivity contribution in [2.45, 2.75) is 116 Å². The van der Waals surface area contributed by atoms with Crippen molar-refractivity contribution < 1.29 is 0 Å². The molecule has 2 aromatic heterocycles. The molecule has 0 atom stereocenters.